The third kappa shape index (κ3) is 2.52. The van der Waals surface area contributed by atoms with Crippen LogP contribution in [-0.4, -0.2) is 42.2 Å². The number of carbonyl (C=O) groups is 1. The van der Waals surface area contributed by atoms with E-state index in [-0.39, 0.29) is 6.04 Å². The van der Waals surface area contributed by atoms with Crippen molar-refractivity contribution in [2.75, 3.05) is 25.0 Å². The van der Waals surface area contributed by atoms with Gasteiger partial charge in [0.05, 0.1) is 0 Å². The highest BCUT2D eigenvalue weighted by Crippen LogP contribution is 2.28. The van der Waals surface area contributed by atoms with Crippen molar-refractivity contribution in [2.45, 2.75) is 38.3 Å². The summed E-state index contributed by atoms with van der Waals surface area (Å²) in [6.45, 7) is 2.74. The molecule has 0 aromatic heterocycles. The molecule has 1 fully saturated rings. The molecule has 108 valence electrons. The number of hydrogen-bond donors (Lipinski definition) is 1. The lowest BCUT2D eigenvalue weighted by atomic mass is 10.0. The normalized spacial score (nSPS) is 22.9. The van der Waals surface area contributed by atoms with Crippen LogP contribution >= 0.6 is 0 Å². The Kier molecular flexibility index (Phi) is 3.66. The van der Waals surface area contributed by atoms with Crippen LogP contribution in [0, 0.1) is 0 Å². The molecule has 20 heavy (non-hydrogen) atoms. The summed E-state index contributed by atoms with van der Waals surface area (Å²) in [5.41, 5.74) is 3.96. The number of likely N-dealkylation sites (tertiary alicyclic amines) is 1. The van der Waals surface area contributed by atoms with Gasteiger partial charge in [-0.05, 0) is 43.0 Å². The maximum absolute atomic E-state index is 11.3. The van der Waals surface area contributed by atoms with E-state index in [1.807, 2.05) is 0 Å². The fraction of sp³-hybridized carbons (Fsp3) is 0.562. The van der Waals surface area contributed by atoms with Gasteiger partial charge in [0.15, 0.2) is 0 Å². The molecule has 2 aliphatic rings. The number of aliphatic carboxylic acids is 1. The van der Waals surface area contributed by atoms with Gasteiger partial charge in [0.2, 0.25) is 0 Å². The average molecular weight is 274 g/mol. The topological polar surface area (TPSA) is 43.8 Å². The molecular formula is C16H22N2O2. The van der Waals surface area contributed by atoms with Crippen LogP contribution in [0.3, 0.4) is 0 Å². The van der Waals surface area contributed by atoms with E-state index in [9.17, 15) is 9.90 Å². The third-order valence-electron chi connectivity index (χ3n) is 4.56. The molecule has 0 spiro atoms. The van der Waals surface area contributed by atoms with E-state index in [4.69, 9.17) is 0 Å². The van der Waals surface area contributed by atoms with Gasteiger partial charge in [-0.1, -0.05) is 18.6 Å². The SMILES string of the molecule is CN1CCc2cc(CN3CCCCC3C(=O)O)ccc21. The Bertz CT molecular complexity index is 515. The van der Waals surface area contributed by atoms with Crippen molar-refractivity contribution < 1.29 is 9.90 Å². The highest BCUT2D eigenvalue weighted by molar-refractivity contribution is 5.73. The molecule has 1 atom stereocenters. The predicted molar refractivity (Wildman–Crippen MR) is 79.1 cm³/mol. The van der Waals surface area contributed by atoms with Crippen molar-refractivity contribution in [1.82, 2.24) is 4.90 Å². The maximum Gasteiger partial charge on any atom is 0.320 e. The minimum atomic E-state index is -0.675. The summed E-state index contributed by atoms with van der Waals surface area (Å²) in [7, 11) is 2.12. The lowest BCUT2D eigenvalue weighted by Crippen LogP contribution is -2.44. The molecule has 1 N–H and O–H groups in total. The summed E-state index contributed by atoms with van der Waals surface area (Å²) in [6.07, 6.45) is 4.02. The van der Waals surface area contributed by atoms with Crippen LogP contribution in [0.4, 0.5) is 5.69 Å². The zero-order valence-corrected chi connectivity index (χ0v) is 12.0. The van der Waals surface area contributed by atoms with Crippen molar-refractivity contribution in [3.8, 4) is 0 Å². The number of anilines is 1. The van der Waals surface area contributed by atoms with Gasteiger partial charge in [-0.3, -0.25) is 9.69 Å². The van der Waals surface area contributed by atoms with Crippen LogP contribution in [-0.2, 0) is 17.8 Å². The molecule has 2 aliphatic heterocycles. The monoisotopic (exact) mass is 274 g/mol. The van der Waals surface area contributed by atoms with Crippen LogP contribution in [0.25, 0.3) is 0 Å². The Morgan fingerprint density at radius 3 is 3.00 bits per heavy atom. The van der Waals surface area contributed by atoms with E-state index in [0.717, 1.165) is 45.3 Å². The minimum Gasteiger partial charge on any atom is -0.480 e. The van der Waals surface area contributed by atoms with Gasteiger partial charge in [0, 0.05) is 25.8 Å². The van der Waals surface area contributed by atoms with Crippen molar-refractivity contribution in [3.05, 3.63) is 29.3 Å². The van der Waals surface area contributed by atoms with Crippen molar-refractivity contribution in [2.24, 2.45) is 0 Å². The quantitative estimate of drug-likeness (QED) is 0.917. The molecular weight excluding hydrogens is 252 g/mol. The molecule has 0 aliphatic carbocycles. The molecule has 0 bridgehead atoms. The number of fused-ring (bicyclic) bond motifs is 1. The van der Waals surface area contributed by atoms with Gasteiger partial charge >= 0.3 is 5.97 Å². The van der Waals surface area contributed by atoms with Crippen molar-refractivity contribution in [3.63, 3.8) is 0 Å². The van der Waals surface area contributed by atoms with E-state index in [1.165, 1.54) is 16.8 Å². The number of hydrogen-bond acceptors (Lipinski definition) is 3. The van der Waals surface area contributed by atoms with E-state index in [1.54, 1.807) is 0 Å². The first-order valence-corrected chi connectivity index (χ1v) is 7.45. The first kappa shape index (κ1) is 13.4. The highest BCUT2D eigenvalue weighted by atomic mass is 16.4. The lowest BCUT2D eigenvalue weighted by molar-refractivity contribution is -0.144. The average Bonchev–Trinajstić information content (AvgIpc) is 2.80. The number of carboxylic acids is 1. The fourth-order valence-corrected chi connectivity index (χ4v) is 3.41. The Labute approximate surface area is 120 Å². The van der Waals surface area contributed by atoms with Gasteiger partial charge in [0.25, 0.3) is 0 Å². The van der Waals surface area contributed by atoms with Gasteiger partial charge in [-0.25, -0.2) is 0 Å². The lowest BCUT2D eigenvalue weighted by Gasteiger charge is -2.33. The standard InChI is InChI=1S/C16H22N2O2/c1-17-9-7-13-10-12(5-6-14(13)17)11-18-8-3-2-4-15(18)16(19)20/h5-6,10,15H,2-4,7-9,11H2,1H3,(H,19,20). The van der Waals surface area contributed by atoms with Crippen LogP contribution in [0.2, 0.25) is 0 Å². The van der Waals surface area contributed by atoms with E-state index >= 15 is 0 Å². The van der Waals surface area contributed by atoms with Gasteiger partial charge in [-0.2, -0.15) is 0 Å². The predicted octanol–water partition coefficient (Wildman–Crippen LogP) is 2.12. The van der Waals surface area contributed by atoms with Crippen LogP contribution in [0.1, 0.15) is 30.4 Å². The third-order valence-corrected chi connectivity index (χ3v) is 4.56. The maximum atomic E-state index is 11.3. The number of likely N-dealkylation sites (N-methyl/N-ethyl adjacent to an activating group) is 1. The summed E-state index contributed by atoms with van der Waals surface area (Å²) < 4.78 is 0. The van der Waals surface area contributed by atoms with Gasteiger partial charge < -0.3 is 10.0 Å². The molecule has 4 heteroatoms. The molecule has 3 rings (SSSR count). The van der Waals surface area contributed by atoms with Gasteiger partial charge in [0.1, 0.15) is 6.04 Å². The zero-order chi connectivity index (χ0) is 14.1. The molecule has 0 saturated carbocycles. The molecule has 1 unspecified atom stereocenters. The molecule has 1 saturated heterocycles. The number of rotatable bonds is 3. The summed E-state index contributed by atoms with van der Waals surface area (Å²) in [6, 6.07) is 6.28. The zero-order valence-electron chi connectivity index (χ0n) is 12.0. The van der Waals surface area contributed by atoms with Crippen molar-refractivity contribution >= 4 is 11.7 Å². The Hall–Kier alpha value is -1.55. The second-order valence-corrected chi connectivity index (χ2v) is 5.95. The van der Waals surface area contributed by atoms with Crippen LogP contribution in [0.15, 0.2) is 18.2 Å². The van der Waals surface area contributed by atoms with Crippen molar-refractivity contribution in [1.29, 1.82) is 0 Å². The largest absolute Gasteiger partial charge is 0.480 e. The number of carboxylic acid groups (broad SMARTS) is 1. The van der Waals surface area contributed by atoms with E-state index < -0.39 is 5.97 Å². The van der Waals surface area contributed by atoms with E-state index in [2.05, 4.69) is 35.0 Å². The summed E-state index contributed by atoms with van der Waals surface area (Å²) in [4.78, 5) is 15.7. The summed E-state index contributed by atoms with van der Waals surface area (Å²) in [5.74, 6) is -0.675. The Balaban J connectivity index is 1.75. The minimum absolute atomic E-state index is 0.306. The van der Waals surface area contributed by atoms with Crippen LogP contribution in [0.5, 0.6) is 0 Å². The second kappa shape index (κ2) is 5.44. The van der Waals surface area contributed by atoms with Crippen LogP contribution < -0.4 is 4.90 Å². The molecule has 4 nitrogen and oxygen atoms in total. The summed E-state index contributed by atoms with van der Waals surface area (Å²) in [5, 5.41) is 9.33. The summed E-state index contributed by atoms with van der Waals surface area (Å²) >= 11 is 0. The molecule has 1 aromatic rings. The first-order valence-electron chi connectivity index (χ1n) is 7.45. The number of piperidine rings is 1. The molecule has 2 heterocycles. The molecule has 0 radical (unpaired) electrons. The smallest absolute Gasteiger partial charge is 0.320 e. The first-order chi connectivity index (χ1) is 9.65. The van der Waals surface area contributed by atoms with Gasteiger partial charge in [-0.15, -0.1) is 0 Å². The molecule has 0 amide bonds. The van der Waals surface area contributed by atoms with E-state index in [0.29, 0.717) is 0 Å². The second-order valence-electron chi connectivity index (χ2n) is 5.95. The highest BCUT2D eigenvalue weighted by Gasteiger charge is 2.28. The number of benzene rings is 1. The Morgan fingerprint density at radius 2 is 2.20 bits per heavy atom. The Morgan fingerprint density at radius 1 is 1.35 bits per heavy atom. The number of nitrogens with zero attached hydrogens (tertiary/aromatic N) is 2. The fourth-order valence-electron chi connectivity index (χ4n) is 3.41. The molecule has 1 aromatic carbocycles.